The highest BCUT2D eigenvalue weighted by atomic mass is 16.5. The zero-order chi connectivity index (χ0) is 12.3. The van der Waals surface area contributed by atoms with Gasteiger partial charge in [0.2, 0.25) is 0 Å². The largest absolute Gasteiger partial charge is 0.480 e. The van der Waals surface area contributed by atoms with Crippen molar-refractivity contribution in [2.75, 3.05) is 19.0 Å². The van der Waals surface area contributed by atoms with Crippen molar-refractivity contribution in [3.05, 3.63) is 17.6 Å². The molecule has 2 rings (SSSR count). The van der Waals surface area contributed by atoms with Crippen molar-refractivity contribution in [1.29, 1.82) is 0 Å². The number of anilines is 1. The van der Waals surface area contributed by atoms with Gasteiger partial charge in [-0.15, -0.1) is 0 Å². The van der Waals surface area contributed by atoms with Crippen molar-refractivity contribution in [2.24, 2.45) is 0 Å². The molecule has 1 unspecified atom stereocenters. The minimum absolute atomic E-state index is 0.105. The van der Waals surface area contributed by atoms with Gasteiger partial charge >= 0.3 is 5.97 Å². The van der Waals surface area contributed by atoms with Crippen LogP contribution in [-0.2, 0) is 22.4 Å². The van der Waals surface area contributed by atoms with Crippen LogP contribution in [0.25, 0.3) is 0 Å². The molecule has 0 bridgehead atoms. The fourth-order valence-electron chi connectivity index (χ4n) is 1.99. The molecule has 2 N–H and O–H groups in total. The van der Waals surface area contributed by atoms with Crippen LogP contribution in [0, 0.1) is 0 Å². The maximum Gasteiger partial charge on any atom is 0.328 e. The number of ether oxygens (including phenoxy) is 1. The fraction of sp³-hybridized carbons (Fsp3) is 0.545. The van der Waals surface area contributed by atoms with Crippen LogP contribution in [0.3, 0.4) is 0 Å². The number of fused-ring (bicyclic) bond motifs is 1. The third-order valence-corrected chi connectivity index (χ3v) is 2.82. The van der Waals surface area contributed by atoms with Gasteiger partial charge in [-0.2, -0.15) is 0 Å². The number of hydrogen-bond acceptors (Lipinski definition) is 5. The number of carboxylic acid groups (broad SMARTS) is 1. The Kier molecular flexibility index (Phi) is 3.53. The molecule has 0 spiro atoms. The number of aryl methyl sites for hydroxylation is 1. The Morgan fingerprint density at radius 2 is 2.41 bits per heavy atom. The molecule has 1 heterocycles. The molecule has 0 saturated heterocycles. The Morgan fingerprint density at radius 1 is 1.59 bits per heavy atom. The Morgan fingerprint density at radius 3 is 3.12 bits per heavy atom. The third kappa shape index (κ3) is 2.52. The maximum absolute atomic E-state index is 11.0. The first-order valence-corrected chi connectivity index (χ1v) is 5.53. The van der Waals surface area contributed by atoms with Gasteiger partial charge in [-0.3, -0.25) is 0 Å². The standard InChI is InChI=1S/C11H15N3O3/c1-17-5-9(11(15)16)14-10-7-3-2-4-8(7)12-6-13-10/h6,9H,2-5H2,1H3,(H,15,16)(H,12,13,14). The topological polar surface area (TPSA) is 84.3 Å². The van der Waals surface area contributed by atoms with Crippen LogP contribution >= 0.6 is 0 Å². The summed E-state index contributed by atoms with van der Waals surface area (Å²) < 4.78 is 4.87. The molecule has 0 aliphatic heterocycles. The van der Waals surface area contributed by atoms with Crippen LogP contribution in [0.5, 0.6) is 0 Å². The molecule has 1 aromatic heterocycles. The Labute approximate surface area is 99.0 Å². The highest BCUT2D eigenvalue weighted by Gasteiger charge is 2.22. The van der Waals surface area contributed by atoms with E-state index in [1.807, 2.05) is 0 Å². The van der Waals surface area contributed by atoms with Crippen LogP contribution in [0.15, 0.2) is 6.33 Å². The fourth-order valence-corrected chi connectivity index (χ4v) is 1.99. The predicted octanol–water partition coefficient (Wildman–Crippen LogP) is 0.477. The zero-order valence-corrected chi connectivity index (χ0v) is 9.64. The number of hydrogen-bond donors (Lipinski definition) is 2. The summed E-state index contributed by atoms with van der Waals surface area (Å²) >= 11 is 0. The summed E-state index contributed by atoms with van der Waals surface area (Å²) in [4.78, 5) is 19.3. The minimum Gasteiger partial charge on any atom is -0.480 e. The lowest BCUT2D eigenvalue weighted by molar-refractivity contribution is -0.139. The summed E-state index contributed by atoms with van der Waals surface area (Å²) in [7, 11) is 1.47. The number of rotatable bonds is 5. The number of carboxylic acids is 1. The molecule has 0 amide bonds. The van der Waals surface area contributed by atoms with Crippen molar-refractivity contribution < 1.29 is 14.6 Å². The molecule has 0 radical (unpaired) electrons. The second kappa shape index (κ2) is 5.09. The summed E-state index contributed by atoms with van der Waals surface area (Å²) in [5.74, 6) is -0.325. The Balaban J connectivity index is 2.17. The normalized spacial score (nSPS) is 15.4. The van der Waals surface area contributed by atoms with Crippen molar-refractivity contribution in [1.82, 2.24) is 9.97 Å². The molecular weight excluding hydrogens is 222 g/mol. The van der Waals surface area contributed by atoms with E-state index in [0.29, 0.717) is 5.82 Å². The van der Waals surface area contributed by atoms with Gasteiger partial charge < -0.3 is 15.2 Å². The van der Waals surface area contributed by atoms with Crippen LogP contribution in [0.4, 0.5) is 5.82 Å². The second-order valence-corrected chi connectivity index (χ2v) is 3.99. The van der Waals surface area contributed by atoms with Crippen molar-refractivity contribution in [3.63, 3.8) is 0 Å². The molecular formula is C11H15N3O3. The van der Waals surface area contributed by atoms with Gasteiger partial charge in [-0.05, 0) is 19.3 Å². The highest BCUT2D eigenvalue weighted by Crippen LogP contribution is 2.25. The first-order valence-electron chi connectivity index (χ1n) is 5.53. The number of aliphatic carboxylic acids is 1. The summed E-state index contributed by atoms with van der Waals surface area (Å²) in [5, 5.41) is 11.9. The van der Waals surface area contributed by atoms with Gasteiger partial charge in [0.1, 0.15) is 18.2 Å². The molecule has 1 aromatic rings. The van der Waals surface area contributed by atoms with Gasteiger partial charge in [-0.25, -0.2) is 14.8 Å². The van der Waals surface area contributed by atoms with E-state index in [9.17, 15) is 4.79 Å². The molecule has 17 heavy (non-hydrogen) atoms. The van der Waals surface area contributed by atoms with Gasteiger partial charge in [0.05, 0.1) is 6.61 Å². The monoisotopic (exact) mass is 237 g/mol. The first-order chi connectivity index (χ1) is 8.22. The second-order valence-electron chi connectivity index (χ2n) is 3.99. The number of methoxy groups -OCH3 is 1. The lowest BCUT2D eigenvalue weighted by Crippen LogP contribution is -2.34. The minimum atomic E-state index is -0.947. The molecule has 6 heteroatoms. The highest BCUT2D eigenvalue weighted by molar-refractivity contribution is 5.77. The van der Waals surface area contributed by atoms with E-state index in [-0.39, 0.29) is 6.61 Å². The molecule has 1 aliphatic carbocycles. The Hall–Kier alpha value is -1.69. The third-order valence-electron chi connectivity index (χ3n) is 2.82. The van der Waals surface area contributed by atoms with Crippen LogP contribution < -0.4 is 5.32 Å². The van der Waals surface area contributed by atoms with E-state index in [2.05, 4.69) is 15.3 Å². The van der Waals surface area contributed by atoms with Crippen LogP contribution in [-0.4, -0.2) is 40.8 Å². The molecule has 0 fully saturated rings. The van der Waals surface area contributed by atoms with Gasteiger partial charge in [-0.1, -0.05) is 0 Å². The smallest absolute Gasteiger partial charge is 0.328 e. The summed E-state index contributed by atoms with van der Waals surface area (Å²) in [6.07, 6.45) is 4.36. The lowest BCUT2D eigenvalue weighted by Gasteiger charge is -2.15. The predicted molar refractivity (Wildman–Crippen MR) is 61.0 cm³/mol. The molecule has 1 aliphatic rings. The molecule has 92 valence electrons. The quantitative estimate of drug-likeness (QED) is 0.774. The number of carbonyl (C=O) groups is 1. The molecule has 6 nitrogen and oxygen atoms in total. The van der Waals surface area contributed by atoms with E-state index >= 15 is 0 Å². The average molecular weight is 237 g/mol. The van der Waals surface area contributed by atoms with Crippen molar-refractivity contribution in [3.8, 4) is 0 Å². The first kappa shape index (κ1) is 11.8. The van der Waals surface area contributed by atoms with Crippen LogP contribution in [0.1, 0.15) is 17.7 Å². The van der Waals surface area contributed by atoms with E-state index in [0.717, 1.165) is 30.5 Å². The number of nitrogens with zero attached hydrogens (tertiary/aromatic N) is 2. The van der Waals surface area contributed by atoms with Gasteiger partial charge in [0, 0.05) is 18.4 Å². The van der Waals surface area contributed by atoms with Crippen molar-refractivity contribution in [2.45, 2.75) is 25.3 Å². The lowest BCUT2D eigenvalue weighted by atomic mass is 10.2. The molecule has 0 saturated carbocycles. The summed E-state index contributed by atoms with van der Waals surface area (Å²) in [5.41, 5.74) is 2.05. The van der Waals surface area contributed by atoms with E-state index in [1.165, 1.54) is 13.4 Å². The van der Waals surface area contributed by atoms with E-state index in [4.69, 9.17) is 9.84 Å². The van der Waals surface area contributed by atoms with Gasteiger partial charge in [0.25, 0.3) is 0 Å². The number of nitrogens with one attached hydrogen (secondary N) is 1. The van der Waals surface area contributed by atoms with Gasteiger partial charge in [0.15, 0.2) is 0 Å². The molecule has 1 atom stereocenters. The summed E-state index contributed by atoms with van der Waals surface area (Å²) in [6, 6.07) is -0.778. The van der Waals surface area contributed by atoms with Crippen molar-refractivity contribution >= 4 is 11.8 Å². The van der Waals surface area contributed by atoms with Crippen LogP contribution in [0.2, 0.25) is 0 Å². The maximum atomic E-state index is 11.0. The Bertz CT molecular complexity index is 422. The molecule has 0 aromatic carbocycles. The summed E-state index contributed by atoms with van der Waals surface area (Å²) in [6.45, 7) is 0.105. The van der Waals surface area contributed by atoms with E-state index < -0.39 is 12.0 Å². The van der Waals surface area contributed by atoms with E-state index in [1.54, 1.807) is 0 Å². The zero-order valence-electron chi connectivity index (χ0n) is 9.64. The average Bonchev–Trinajstić information content (AvgIpc) is 2.77. The number of aromatic nitrogens is 2. The SMILES string of the molecule is COCC(Nc1ncnc2c1CCC2)C(=O)O.